The van der Waals surface area contributed by atoms with Crippen LogP contribution in [0.15, 0.2) is 0 Å². The van der Waals surface area contributed by atoms with Gasteiger partial charge in [-0.15, -0.1) is 0 Å². The molecule has 2 atom stereocenters. The number of hydrogen-bond acceptors (Lipinski definition) is 2. The molecule has 0 aliphatic rings. The fourth-order valence-corrected chi connectivity index (χ4v) is 0.797. The molecule has 80 valence electrons. The SMILES string of the molecule is OCC(OC(F)CCF)C(F)(Cl)Cl. The van der Waals surface area contributed by atoms with Crippen LogP contribution in [0.25, 0.3) is 0 Å². The highest BCUT2D eigenvalue weighted by Crippen LogP contribution is 2.30. The van der Waals surface area contributed by atoms with Crippen LogP contribution in [0.3, 0.4) is 0 Å². The Bertz CT molecular complexity index is 142. The Morgan fingerprint density at radius 2 is 2.00 bits per heavy atom. The lowest BCUT2D eigenvalue weighted by Gasteiger charge is -2.22. The third kappa shape index (κ3) is 5.57. The summed E-state index contributed by atoms with van der Waals surface area (Å²) in [5.74, 6) is 0. The summed E-state index contributed by atoms with van der Waals surface area (Å²) in [6, 6.07) is 0. The van der Waals surface area contributed by atoms with E-state index in [0.717, 1.165) is 0 Å². The molecule has 0 heterocycles. The van der Waals surface area contributed by atoms with Crippen LogP contribution in [0.5, 0.6) is 0 Å². The Kier molecular flexibility index (Phi) is 6.04. The number of hydrogen-bond donors (Lipinski definition) is 1. The quantitative estimate of drug-likeness (QED) is 0.721. The van der Waals surface area contributed by atoms with E-state index in [0.29, 0.717) is 0 Å². The van der Waals surface area contributed by atoms with Crippen molar-refractivity contribution in [2.75, 3.05) is 13.3 Å². The minimum atomic E-state index is -2.89. The fourth-order valence-electron chi connectivity index (χ4n) is 0.556. The highest BCUT2D eigenvalue weighted by molar-refractivity contribution is 6.47. The molecule has 0 saturated carbocycles. The topological polar surface area (TPSA) is 29.5 Å². The zero-order chi connectivity index (χ0) is 10.5. The highest BCUT2D eigenvalue weighted by Gasteiger charge is 2.37. The van der Waals surface area contributed by atoms with E-state index < -0.39 is 36.8 Å². The molecule has 2 nitrogen and oxygen atoms in total. The first kappa shape index (κ1) is 13.3. The maximum Gasteiger partial charge on any atom is 0.285 e. The average molecular weight is 241 g/mol. The van der Waals surface area contributed by atoms with E-state index in [1.807, 2.05) is 0 Å². The fraction of sp³-hybridized carbons (Fsp3) is 1.00. The Morgan fingerprint density at radius 1 is 1.46 bits per heavy atom. The molecule has 0 radical (unpaired) electrons. The Labute approximate surface area is 83.6 Å². The molecular formula is C6H9Cl2F3O2. The van der Waals surface area contributed by atoms with E-state index in [2.05, 4.69) is 4.74 Å². The van der Waals surface area contributed by atoms with Gasteiger partial charge in [0, 0.05) is 6.42 Å². The van der Waals surface area contributed by atoms with E-state index in [-0.39, 0.29) is 0 Å². The monoisotopic (exact) mass is 240 g/mol. The van der Waals surface area contributed by atoms with E-state index in [4.69, 9.17) is 28.3 Å². The zero-order valence-electron chi connectivity index (χ0n) is 6.52. The first-order valence-electron chi connectivity index (χ1n) is 3.45. The number of halogens is 5. The molecule has 0 aliphatic carbocycles. The van der Waals surface area contributed by atoms with Gasteiger partial charge in [-0.05, 0) is 0 Å². The van der Waals surface area contributed by atoms with Gasteiger partial charge >= 0.3 is 0 Å². The van der Waals surface area contributed by atoms with Gasteiger partial charge < -0.3 is 9.84 Å². The van der Waals surface area contributed by atoms with Crippen molar-refractivity contribution in [2.45, 2.75) is 23.5 Å². The molecule has 0 aliphatic heterocycles. The molecule has 0 bridgehead atoms. The summed E-state index contributed by atoms with van der Waals surface area (Å²) in [7, 11) is 0. The van der Waals surface area contributed by atoms with Crippen molar-refractivity contribution < 1.29 is 23.0 Å². The second-order valence-corrected chi connectivity index (χ2v) is 3.53. The van der Waals surface area contributed by atoms with Gasteiger partial charge in [-0.1, -0.05) is 23.2 Å². The highest BCUT2D eigenvalue weighted by atomic mass is 35.5. The van der Waals surface area contributed by atoms with Gasteiger partial charge in [0.05, 0.1) is 13.3 Å². The molecule has 0 spiro atoms. The van der Waals surface area contributed by atoms with Crippen molar-refractivity contribution in [1.29, 1.82) is 0 Å². The van der Waals surface area contributed by atoms with Gasteiger partial charge in [-0.3, -0.25) is 4.39 Å². The Hall–Kier alpha value is 0.290. The first-order chi connectivity index (χ1) is 5.91. The summed E-state index contributed by atoms with van der Waals surface area (Å²) in [5.41, 5.74) is 0. The molecule has 2 unspecified atom stereocenters. The van der Waals surface area contributed by atoms with Crippen molar-refractivity contribution in [3.05, 3.63) is 0 Å². The summed E-state index contributed by atoms with van der Waals surface area (Å²) in [5, 5.41) is 8.48. The summed E-state index contributed by atoms with van der Waals surface area (Å²) in [6.45, 7) is -1.85. The van der Waals surface area contributed by atoms with Crippen molar-refractivity contribution in [3.8, 4) is 0 Å². The first-order valence-corrected chi connectivity index (χ1v) is 4.20. The van der Waals surface area contributed by atoms with Crippen LogP contribution < -0.4 is 0 Å². The number of aliphatic hydroxyl groups is 1. The van der Waals surface area contributed by atoms with E-state index in [9.17, 15) is 13.2 Å². The summed E-state index contributed by atoms with van der Waals surface area (Å²) >= 11 is 9.79. The average Bonchev–Trinajstić information content (AvgIpc) is 1.98. The molecule has 0 aromatic rings. The molecule has 0 saturated heterocycles. The second-order valence-electron chi connectivity index (χ2n) is 2.24. The molecule has 0 fully saturated rings. The molecule has 7 heteroatoms. The van der Waals surface area contributed by atoms with Crippen LogP contribution in [-0.2, 0) is 4.74 Å². The summed E-state index contributed by atoms with van der Waals surface area (Å²) in [6.07, 6.45) is -4.31. The predicted octanol–water partition coefficient (Wildman–Crippen LogP) is 2.12. The predicted molar refractivity (Wildman–Crippen MR) is 43.0 cm³/mol. The van der Waals surface area contributed by atoms with Gasteiger partial charge in [0.15, 0.2) is 0 Å². The van der Waals surface area contributed by atoms with E-state index in [1.54, 1.807) is 0 Å². The third-order valence-electron chi connectivity index (χ3n) is 1.18. The smallest absolute Gasteiger partial charge is 0.285 e. The molecular weight excluding hydrogens is 232 g/mol. The molecule has 0 aromatic heterocycles. The minimum absolute atomic E-state index is 0.555. The van der Waals surface area contributed by atoms with Gasteiger partial charge in [-0.25, -0.2) is 8.78 Å². The summed E-state index contributed by atoms with van der Waals surface area (Å²) in [4.78, 5) is 0. The largest absolute Gasteiger partial charge is 0.393 e. The Morgan fingerprint density at radius 3 is 2.31 bits per heavy atom. The number of ether oxygens (including phenoxy) is 1. The third-order valence-corrected chi connectivity index (χ3v) is 1.67. The van der Waals surface area contributed by atoms with Gasteiger partial charge in [-0.2, -0.15) is 0 Å². The zero-order valence-corrected chi connectivity index (χ0v) is 8.03. The van der Waals surface area contributed by atoms with Crippen LogP contribution in [-0.4, -0.2) is 35.4 Å². The maximum atomic E-state index is 12.6. The van der Waals surface area contributed by atoms with Crippen LogP contribution in [0.1, 0.15) is 6.42 Å². The molecule has 13 heavy (non-hydrogen) atoms. The van der Waals surface area contributed by atoms with Crippen LogP contribution in [0, 0.1) is 0 Å². The van der Waals surface area contributed by atoms with Gasteiger partial charge in [0.1, 0.15) is 6.10 Å². The van der Waals surface area contributed by atoms with Crippen LogP contribution in [0.2, 0.25) is 0 Å². The lowest BCUT2D eigenvalue weighted by Crippen LogP contribution is -2.35. The van der Waals surface area contributed by atoms with Gasteiger partial charge in [0.2, 0.25) is 6.36 Å². The maximum absolute atomic E-state index is 12.6. The van der Waals surface area contributed by atoms with Crippen LogP contribution >= 0.6 is 23.2 Å². The van der Waals surface area contributed by atoms with E-state index in [1.165, 1.54) is 0 Å². The molecule has 1 N–H and O–H groups in total. The number of rotatable bonds is 6. The van der Waals surface area contributed by atoms with E-state index >= 15 is 0 Å². The lowest BCUT2D eigenvalue weighted by atomic mass is 10.4. The van der Waals surface area contributed by atoms with Gasteiger partial charge in [0.25, 0.3) is 4.59 Å². The normalized spacial score (nSPS) is 17.1. The van der Waals surface area contributed by atoms with Crippen molar-refractivity contribution in [3.63, 3.8) is 0 Å². The second kappa shape index (κ2) is 5.90. The molecule has 0 amide bonds. The molecule has 0 aromatic carbocycles. The van der Waals surface area contributed by atoms with Crippen molar-refractivity contribution in [1.82, 2.24) is 0 Å². The standard InChI is InChI=1S/C6H9Cl2F3O2/c7-6(8,11)4(3-12)13-5(10)1-2-9/h4-5,12H,1-3H2. The van der Waals surface area contributed by atoms with Crippen molar-refractivity contribution >= 4 is 23.2 Å². The number of aliphatic hydroxyl groups excluding tert-OH is 1. The Balaban J connectivity index is 3.98. The number of alkyl halides is 5. The minimum Gasteiger partial charge on any atom is -0.393 e. The van der Waals surface area contributed by atoms with Crippen LogP contribution in [0.4, 0.5) is 13.2 Å². The van der Waals surface area contributed by atoms with Crippen molar-refractivity contribution in [2.24, 2.45) is 0 Å². The molecule has 0 rings (SSSR count). The summed E-state index contributed by atoms with van der Waals surface area (Å²) < 4.78 is 38.0. The lowest BCUT2D eigenvalue weighted by molar-refractivity contribution is -0.126.